The number of nitrogens with one attached hydrogen (secondary N) is 1. The molecule has 0 amide bonds. The lowest BCUT2D eigenvalue weighted by Crippen LogP contribution is -2.57. The molecule has 0 spiro atoms. The van der Waals surface area contributed by atoms with E-state index in [-0.39, 0.29) is 10.9 Å². The van der Waals surface area contributed by atoms with E-state index in [1.54, 1.807) is 25.4 Å². The van der Waals surface area contributed by atoms with Crippen LogP contribution < -0.4 is 9.46 Å². The molecule has 5 heterocycles. The normalized spacial score (nSPS) is 23.9. The molecule has 3 aliphatic heterocycles. The summed E-state index contributed by atoms with van der Waals surface area (Å²) in [6.45, 7) is 7.76. The fourth-order valence-corrected chi connectivity index (χ4v) is 7.70. The maximum Gasteiger partial charge on any atom is 0.243 e. The number of methoxy groups -OCH3 is 1. The molecule has 1 N–H and O–H groups in total. The molecular formula is C30H32N4O3S. The molecule has 196 valence electrons. The standard InChI is InChI=1S/C30H32N4O3S/c1-4-20-18-34-15-13-22(20)16-27(34)30(24-12-14-31-26-11-10-23(37-3)17-25(24)26)33-38(35,36)28-7-5-6-21-9-8-19(2)32-29(21)28/h4-12,14,17,20,22,27,30,33H,1,13,15-16,18H2,2-3H3. The van der Waals surface area contributed by atoms with Crippen molar-refractivity contribution in [2.24, 2.45) is 11.8 Å². The number of hydrogen-bond acceptors (Lipinski definition) is 6. The highest BCUT2D eigenvalue weighted by atomic mass is 32.2. The largest absolute Gasteiger partial charge is 0.497 e. The van der Waals surface area contributed by atoms with Crippen LogP contribution in [0.5, 0.6) is 5.75 Å². The van der Waals surface area contributed by atoms with E-state index < -0.39 is 16.1 Å². The van der Waals surface area contributed by atoms with Crippen LogP contribution in [0.25, 0.3) is 21.8 Å². The van der Waals surface area contributed by atoms with Gasteiger partial charge in [-0.15, -0.1) is 6.58 Å². The van der Waals surface area contributed by atoms with E-state index in [2.05, 4.69) is 32.2 Å². The summed E-state index contributed by atoms with van der Waals surface area (Å²) < 4.78 is 37.0. The Morgan fingerprint density at radius 2 is 2.05 bits per heavy atom. The Hall–Kier alpha value is -3.33. The van der Waals surface area contributed by atoms with E-state index in [1.165, 1.54) is 0 Å². The van der Waals surface area contributed by atoms with Crippen LogP contribution in [0.2, 0.25) is 0 Å². The number of hydrogen-bond donors (Lipinski definition) is 1. The molecule has 38 heavy (non-hydrogen) atoms. The van der Waals surface area contributed by atoms with Crippen molar-refractivity contribution in [1.29, 1.82) is 0 Å². The Morgan fingerprint density at radius 1 is 1.18 bits per heavy atom. The molecule has 2 aromatic carbocycles. The zero-order chi connectivity index (χ0) is 26.4. The summed E-state index contributed by atoms with van der Waals surface area (Å²) in [5.41, 5.74) is 2.96. The van der Waals surface area contributed by atoms with E-state index in [9.17, 15) is 8.42 Å². The Morgan fingerprint density at radius 3 is 2.82 bits per heavy atom. The van der Waals surface area contributed by atoms with Gasteiger partial charge in [0, 0.05) is 35.2 Å². The van der Waals surface area contributed by atoms with E-state index in [4.69, 9.17) is 4.74 Å². The molecule has 0 aliphatic carbocycles. The minimum atomic E-state index is -3.93. The van der Waals surface area contributed by atoms with Gasteiger partial charge < -0.3 is 4.74 Å². The first kappa shape index (κ1) is 25.0. The molecule has 7 rings (SSSR count). The fraction of sp³-hybridized carbons (Fsp3) is 0.333. The first-order chi connectivity index (χ1) is 18.4. The fourth-order valence-electron chi connectivity index (χ4n) is 6.28. The number of benzene rings is 2. The topological polar surface area (TPSA) is 84.4 Å². The second-order valence-electron chi connectivity index (χ2n) is 10.4. The summed E-state index contributed by atoms with van der Waals surface area (Å²) in [6.07, 6.45) is 5.81. The number of fused-ring (bicyclic) bond motifs is 5. The van der Waals surface area contributed by atoms with Crippen LogP contribution in [0, 0.1) is 18.8 Å². The number of para-hydroxylation sites is 1. The second-order valence-corrected chi connectivity index (χ2v) is 12.1. The first-order valence-electron chi connectivity index (χ1n) is 13.1. The lowest BCUT2D eigenvalue weighted by molar-refractivity contribution is 0.00490. The number of rotatable bonds is 7. The second kappa shape index (κ2) is 9.76. The third kappa shape index (κ3) is 4.36. The van der Waals surface area contributed by atoms with Crippen LogP contribution in [0.3, 0.4) is 0 Å². The quantitative estimate of drug-likeness (QED) is 0.339. The zero-order valence-corrected chi connectivity index (χ0v) is 22.5. The molecule has 0 radical (unpaired) electrons. The Balaban J connectivity index is 1.49. The van der Waals surface area contributed by atoms with Crippen LogP contribution in [-0.4, -0.2) is 49.5 Å². The van der Waals surface area contributed by atoms with Crippen LogP contribution in [0.1, 0.15) is 30.1 Å². The molecule has 3 saturated heterocycles. The highest BCUT2D eigenvalue weighted by Crippen LogP contribution is 2.43. The van der Waals surface area contributed by atoms with Gasteiger partial charge in [-0.25, -0.2) is 13.1 Å². The zero-order valence-electron chi connectivity index (χ0n) is 21.7. The SMILES string of the molecule is C=CC1CN2CCC1CC2C(NS(=O)(=O)c1cccc2ccc(C)nc12)c1ccnc2ccc(OC)cc12. The lowest BCUT2D eigenvalue weighted by Gasteiger charge is -2.51. The van der Waals surface area contributed by atoms with Crippen LogP contribution in [0.4, 0.5) is 0 Å². The van der Waals surface area contributed by atoms with Gasteiger partial charge in [0.2, 0.25) is 10.0 Å². The van der Waals surface area contributed by atoms with Crippen molar-refractivity contribution in [1.82, 2.24) is 19.6 Å². The molecule has 5 unspecified atom stereocenters. The highest BCUT2D eigenvalue weighted by Gasteiger charge is 2.44. The summed E-state index contributed by atoms with van der Waals surface area (Å²) >= 11 is 0. The minimum Gasteiger partial charge on any atom is -0.497 e. The summed E-state index contributed by atoms with van der Waals surface area (Å²) in [5, 5.41) is 1.68. The lowest BCUT2D eigenvalue weighted by atomic mass is 9.73. The molecule has 5 atom stereocenters. The molecule has 2 bridgehead atoms. The van der Waals surface area contributed by atoms with Gasteiger partial charge in [0.25, 0.3) is 0 Å². The predicted molar refractivity (Wildman–Crippen MR) is 150 cm³/mol. The third-order valence-electron chi connectivity index (χ3n) is 8.25. The van der Waals surface area contributed by atoms with Crippen LogP contribution in [-0.2, 0) is 10.0 Å². The summed E-state index contributed by atoms with van der Waals surface area (Å²) in [6, 6.07) is 16.3. The molecular weight excluding hydrogens is 496 g/mol. The summed E-state index contributed by atoms with van der Waals surface area (Å²) in [4.78, 5) is 11.8. The number of aryl methyl sites for hydroxylation is 1. The van der Waals surface area contributed by atoms with Gasteiger partial charge in [-0.05, 0) is 80.1 Å². The van der Waals surface area contributed by atoms with Crippen LogP contribution in [0.15, 0.2) is 78.3 Å². The van der Waals surface area contributed by atoms with E-state index >= 15 is 0 Å². The van der Waals surface area contributed by atoms with Crippen molar-refractivity contribution in [3.8, 4) is 5.75 Å². The summed E-state index contributed by atoms with van der Waals surface area (Å²) in [7, 11) is -2.30. The van der Waals surface area contributed by atoms with Gasteiger partial charge in [-0.1, -0.05) is 24.3 Å². The van der Waals surface area contributed by atoms with Gasteiger partial charge in [0.05, 0.1) is 24.2 Å². The number of sulfonamides is 1. The maximum atomic E-state index is 14.1. The number of piperidine rings is 3. The van der Waals surface area contributed by atoms with Gasteiger partial charge in [-0.2, -0.15) is 0 Å². The Bertz CT molecular complexity index is 1640. The van der Waals surface area contributed by atoms with Crippen molar-refractivity contribution >= 4 is 31.8 Å². The minimum absolute atomic E-state index is 0.00111. The molecule has 2 aromatic heterocycles. The van der Waals surface area contributed by atoms with Crippen molar-refractivity contribution in [3.63, 3.8) is 0 Å². The van der Waals surface area contributed by atoms with Gasteiger partial charge in [0.1, 0.15) is 10.6 Å². The molecule has 8 heteroatoms. The molecule has 3 fully saturated rings. The van der Waals surface area contributed by atoms with Gasteiger partial charge in [0.15, 0.2) is 0 Å². The average molecular weight is 529 g/mol. The van der Waals surface area contributed by atoms with Crippen molar-refractivity contribution in [2.45, 2.75) is 36.7 Å². The van der Waals surface area contributed by atoms with E-state index in [0.717, 1.165) is 53.5 Å². The smallest absolute Gasteiger partial charge is 0.243 e. The van der Waals surface area contributed by atoms with Crippen molar-refractivity contribution in [3.05, 3.63) is 84.7 Å². The Labute approximate surface area is 223 Å². The number of aromatic nitrogens is 2. The van der Waals surface area contributed by atoms with Gasteiger partial charge >= 0.3 is 0 Å². The van der Waals surface area contributed by atoms with Crippen LogP contribution >= 0.6 is 0 Å². The van der Waals surface area contributed by atoms with Gasteiger partial charge in [-0.3, -0.25) is 14.9 Å². The van der Waals surface area contributed by atoms with Crippen molar-refractivity contribution in [2.75, 3.05) is 20.2 Å². The average Bonchev–Trinajstić information content (AvgIpc) is 2.95. The Kier molecular flexibility index (Phi) is 6.42. The predicted octanol–water partition coefficient (Wildman–Crippen LogP) is 5.02. The molecule has 4 aromatic rings. The monoisotopic (exact) mass is 528 g/mol. The van der Waals surface area contributed by atoms with Crippen molar-refractivity contribution < 1.29 is 13.2 Å². The number of pyridine rings is 2. The maximum absolute atomic E-state index is 14.1. The number of nitrogens with zero attached hydrogens (tertiary/aromatic N) is 3. The molecule has 7 nitrogen and oxygen atoms in total. The first-order valence-corrected chi connectivity index (χ1v) is 14.5. The molecule has 0 saturated carbocycles. The summed E-state index contributed by atoms with van der Waals surface area (Å²) in [5.74, 6) is 1.62. The van der Waals surface area contributed by atoms with E-state index in [0.29, 0.717) is 23.1 Å². The number of ether oxygens (including phenoxy) is 1. The highest BCUT2D eigenvalue weighted by molar-refractivity contribution is 7.89. The molecule has 3 aliphatic rings. The third-order valence-corrected chi connectivity index (χ3v) is 9.72. The van der Waals surface area contributed by atoms with E-state index in [1.807, 2.05) is 49.4 Å².